The molecular weight excluding hydrogens is 208 g/mol. The van der Waals surface area contributed by atoms with Crippen molar-refractivity contribution < 1.29 is 0 Å². The van der Waals surface area contributed by atoms with Crippen molar-refractivity contribution in [2.75, 3.05) is 5.73 Å². The number of rotatable bonds is 1. The van der Waals surface area contributed by atoms with Crippen LogP contribution in [-0.4, -0.2) is 4.98 Å². The first-order chi connectivity index (χ1) is 8.24. The van der Waals surface area contributed by atoms with Gasteiger partial charge in [0.25, 0.3) is 0 Å². The molecule has 0 atom stereocenters. The van der Waals surface area contributed by atoms with Crippen molar-refractivity contribution in [1.82, 2.24) is 4.98 Å². The van der Waals surface area contributed by atoms with Crippen LogP contribution < -0.4 is 5.73 Å². The molecule has 3 N–H and O–H groups in total. The number of nitrogens with two attached hydrogens (primary N) is 1. The van der Waals surface area contributed by atoms with Crippen LogP contribution >= 0.6 is 0 Å². The number of benzene rings is 2. The van der Waals surface area contributed by atoms with Gasteiger partial charge in [-0.1, -0.05) is 12.1 Å². The average Bonchev–Trinajstić information content (AvgIpc) is 2.79. The lowest BCUT2D eigenvalue weighted by Gasteiger charge is -2.07. The SMILES string of the molecule is Cc1ccc(N)cc1-c1ccc2[nH]ccc2c1. The van der Waals surface area contributed by atoms with Gasteiger partial charge in [0.1, 0.15) is 0 Å². The van der Waals surface area contributed by atoms with Gasteiger partial charge < -0.3 is 10.7 Å². The fourth-order valence-corrected chi connectivity index (χ4v) is 2.17. The maximum Gasteiger partial charge on any atom is 0.0454 e. The van der Waals surface area contributed by atoms with Crippen molar-refractivity contribution in [2.24, 2.45) is 0 Å². The van der Waals surface area contributed by atoms with Gasteiger partial charge in [0.05, 0.1) is 0 Å². The maximum atomic E-state index is 5.85. The molecule has 0 aliphatic carbocycles. The zero-order valence-electron chi connectivity index (χ0n) is 9.70. The van der Waals surface area contributed by atoms with Crippen LogP contribution in [0.1, 0.15) is 5.56 Å². The van der Waals surface area contributed by atoms with Crippen molar-refractivity contribution in [3.05, 3.63) is 54.2 Å². The number of fused-ring (bicyclic) bond motifs is 1. The Morgan fingerprint density at radius 2 is 1.88 bits per heavy atom. The van der Waals surface area contributed by atoms with E-state index in [0.29, 0.717) is 0 Å². The molecule has 0 spiro atoms. The van der Waals surface area contributed by atoms with Crippen molar-refractivity contribution in [3.8, 4) is 11.1 Å². The number of aromatic amines is 1. The summed E-state index contributed by atoms with van der Waals surface area (Å²) < 4.78 is 0. The number of nitrogens with one attached hydrogen (secondary N) is 1. The number of aromatic nitrogens is 1. The summed E-state index contributed by atoms with van der Waals surface area (Å²) >= 11 is 0. The number of anilines is 1. The van der Waals surface area contributed by atoms with Crippen molar-refractivity contribution >= 4 is 16.6 Å². The normalized spacial score (nSPS) is 10.9. The van der Waals surface area contributed by atoms with Crippen LogP contribution in [0, 0.1) is 6.92 Å². The Morgan fingerprint density at radius 1 is 1.00 bits per heavy atom. The molecule has 84 valence electrons. The first-order valence-corrected chi connectivity index (χ1v) is 5.68. The van der Waals surface area contributed by atoms with Crippen LogP contribution in [0.2, 0.25) is 0 Å². The third kappa shape index (κ3) is 1.68. The standard InChI is InChI=1S/C15H14N2/c1-10-2-4-13(16)9-14(10)11-3-5-15-12(8-11)6-7-17-15/h2-9,17H,16H2,1H3. The first kappa shape index (κ1) is 9.97. The summed E-state index contributed by atoms with van der Waals surface area (Å²) in [6.07, 6.45) is 1.96. The second-order valence-corrected chi connectivity index (χ2v) is 4.35. The van der Waals surface area contributed by atoms with E-state index in [4.69, 9.17) is 5.73 Å². The van der Waals surface area contributed by atoms with Gasteiger partial charge in [0, 0.05) is 17.4 Å². The molecule has 0 aliphatic rings. The smallest absolute Gasteiger partial charge is 0.0454 e. The molecule has 0 fully saturated rings. The molecule has 3 rings (SSSR count). The third-order valence-corrected chi connectivity index (χ3v) is 3.13. The second-order valence-electron chi connectivity index (χ2n) is 4.35. The minimum absolute atomic E-state index is 0.805. The molecule has 0 radical (unpaired) electrons. The summed E-state index contributed by atoms with van der Waals surface area (Å²) in [5.74, 6) is 0. The number of H-pyrrole nitrogens is 1. The summed E-state index contributed by atoms with van der Waals surface area (Å²) in [5, 5.41) is 1.23. The Kier molecular flexibility index (Phi) is 2.15. The van der Waals surface area contributed by atoms with Crippen LogP contribution in [0.3, 0.4) is 0 Å². The highest BCUT2D eigenvalue weighted by Crippen LogP contribution is 2.28. The highest BCUT2D eigenvalue weighted by molar-refractivity contribution is 5.86. The van der Waals surface area contributed by atoms with Crippen LogP contribution in [0.4, 0.5) is 5.69 Å². The Balaban J connectivity index is 2.22. The second kappa shape index (κ2) is 3.67. The average molecular weight is 222 g/mol. The van der Waals surface area contributed by atoms with E-state index in [1.807, 2.05) is 18.3 Å². The number of nitrogen functional groups attached to an aromatic ring is 1. The van der Waals surface area contributed by atoms with E-state index >= 15 is 0 Å². The van der Waals surface area contributed by atoms with Gasteiger partial charge in [-0.15, -0.1) is 0 Å². The van der Waals surface area contributed by atoms with Crippen molar-refractivity contribution in [1.29, 1.82) is 0 Å². The van der Waals surface area contributed by atoms with Crippen molar-refractivity contribution in [2.45, 2.75) is 6.92 Å². The Bertz CT molecular complexity index is 680. The van der Waals surface area contributed by atoms with Crippen molar-refractivity contribution in [3.63, 3.8) is 0 Å². The number of aryl methyl sites for hydroxylation is 1. The van der Waals surface area contributed by atoms with Crippen LogP contribution in [-0.2, 0) is 0 Å². The molecule has 2 aromatic carbocycles. The monoisotopic (exact) mass is 222 g/mol. The maximum absolute atomic E-state index is 5.85. The molecule has 0 amide bonds. The van der Waals surface area contributed by atoms with Gasteiger partial charge in [0.15, 0.2) is 0 Å². The molecule has 0 unspecified atom stereocenters. The highest BCUT2D eigenvalue weighted by Gasteiger charge is 2.04. The van der Waals surface area contributed by atoms with Crippen LogP contribution in [0.5, 0.6) is 0 Å². The van der Waals surface area contributed by atoms with Gasteiger partial charge in [0.2, 0.25) is 0 Å². The minimum Gasteiger partial charge on any atom is -0.399 e. The van der Waals surface area contributed by atoms with Gasteiger partial charge in [-0.2, -0.15) is 0 Å². The van der Waals surface area contributed by atoms with Crippen LogP contribution in [0.25, 0.3) is 22.0 Å². The first-order valence-electron chi connectivity index (χ1n) is 5.68. The molecule has 0 saturated heterocycles. The van der Waals surface area contributed by atoms with Gasteiger partial charge >= 0.3 is 0 Å². The molecule has 2 nitrogen and oxygen atoms in total. The molecule has 0 aliphatic heterocycles. The lowest BCUT2D eigenvalue weighted by Crippen LogP contribution is -1.88. The molecule has 3 aromatic rings. The molecule has 1 heterocycles. The van der Waals surface area contributed by atoms with Crippen LogP contribution in [0.15, 0.2) is 48.7 Å². The quantitative estimate of drug-likeness (QED) is 0.605. The van der Waals surface area contributed by atoms with E-state index < -0.39 is 0 Å². The van der Waals surface area contributed by atoms with E-state index in [-0.39, 0.29) is 0 Å². The zero-order valence-corrected chi connectivity index (χ0v) is 9.70. The van der Waals surface area contributed by atoms with E-state index in [2.05, 4.69) is 42.2 Å². The molecular formula is C15H14N2. The number of hydrogen-bond donors (Lipinski definition) is 2. The number of hydrogen-bond acceptors (Lipinski definition) is 1. The molecule has 17 heavy (non-hydrogen) atoms. The Labute approximate surface area is 100 Å². The topological polar surface area (TPSA) is 41.8 Å². The summed E-state index contributed by atoms with van der Waals surface area (Å²) in [6.45, 7) is 2.11. The summed E-state index contributed by atoms with van der Waals surface area (Å²) in [5.41, 5.74) is 11.5. The van der Waals surface area contributed by atoms with Gasteiger partial charge in [-0.25, -0.2) is 0 Å². The third-order valence-electron chi connectivity index (χ3n) is 3.13. The summed E-state index contributed by atoms with van der Waals surface area (Å²) in [6, 6.07) is 14.5. The van der Waals surface area contributed by atoms with E-state index in [9.17, 15) is 0 Å². The fourth-order valence-electron chi connectivity index (χ4n) is 2.17. The minimum atomic E-state index is 0.805. The summed E-state index contributed by atoms with van der Waals surface area (Å²) in [7, 11) is 0. The fraction of sp³-hybridized carbons (Fsp3) is 0.0667. The Morgan fingerprint density at radius 3 is 2.76 bits per heavy atom. The molecule has 0 saturated carbocycles. The van der Waals surface area contributed by atoms with E-state index in [1.54, 1.807) is 0 Å². The molecule has 1 aromatic heterocycles. The summed E-state index contributed by atoms with van der Waals surface area (Å²) in [4.78, 5) is 3.20. The predicted octanol–water partition coefficient (Wildman–Crippen LogP) is 3.73. The lowest BCUT2D eigenvalue weighted by atomic mass is 9.99. The molecule has 0 bridgehead atoms. The Hall–Kier alpha value is -2.22. The predicted molar refractivity (Wildman–Crippen MR) is 72.9 cm³/mol. The van der Waals surface area contributed by atoms with E-state index in [1.165, 1.54) is 22.1 Å². The highest BCUT2D eigenvalue weighted by atomic mass is 14.7. The van der Waals surface area contributed by atoms with Gasteiger partial charge in [-0.05, 0) is 59.3 Å². The zero-order chi connectivity index (χ0) is 11.8. The largest absolute Gasteiger partial charge is 0.399 e. The lowest BCUT2D eigenvalue weighted by molar-refractivity contribution is 1.45. The molecule has 2 heteroatoms. The van der Waals surface area contributed by atoms with E-state index in [0.717, 1.165) is 11.2 Å². The van der Waals surface area contributed by atoms with Gasteiger partial charge in [-0.3, -0.25) is 0 Å².